The number of hydrogen-bond donors (Lipinski definition) is 3. The van der Waals surface area contributed by atoms with E-state index in [1.54, 1.807) is 23.6 Å². The Hall–Kier alpha value is -2.68. The molecule has 0 bridgehead atoms. The van der Waals surface area contributed by atoms with E-state index in [4.69, 9.17) is 23.2 Å². The van der Waals surface area contributed by atoms with Crippen LogP contribution in [0.1, 0.15) is 22.5 Å². The summed E-state index contributed by atoms with van der Waals surface area (Å²) < 4.78 is 0. The standard InChI is InChI=1S/C18H14Cl2N4O3S/c19-13-4-2-11(7-14(13)20)22-16(26)6-3-12-9-28-18(23-12)24-17(27)10-1-5-15(25)21-8-10/h1-2,4-5,7-9H,3,6H2,(H,21,25)(H,22,26)(H,23,24,27). The van der Waals surface area contributed by atoms with Crippen LogP contribution in [0.5, 0.6) is 0 Å². The summed E-state index contributed by atoms with van der Waals surface area (Å²) in [5, 5.41) is 8.36. The molecule has 28 heavy (non-hydrogen) atoms. The van der Waals surface area contributed by atoms with Gasteiger partial charge in [0.25, 0.3) is 5.91 Å². The number of H-pyrrole nitrogens is 1. The minimum absolute atomic E-state index is 0.190. The average Bonchev–Trinajstić information content (AvgIpc) is 3.11. The molecule has 2 heterocycles. The van der Waals surface area contributed by atoms with E-state index in [1.807, 2.05) is 0 Å². The summed E-state index contributed by atoms with van der Waals surface area (Å²) in [4.78, 5) is 41.9. The van der Waals surface area contributed by atoms with E-state index >= 15 is 0 Å². The van der Waals surface area contributed by atoms with Crippen molar-refractivity contribution in [3.8, 4) is 0 Å². The van der Waals surface area contributed by atoms with Crippen LogP contribution in [0.4, 0.5) is 10.8 Å². The monoisotopic (exact) mass is 436 g/mol. The zero-order valence-corrected chi connectivity index (χ0v) is 16.6. The lowest BCUT2D eigenvalue weighted by atomic mass is 10.2. The number of aromatic nitrogens is 2. The molecule has 0 aliphatic carbocycles. The lowest BCUT2D eigenvalue weighted by Gasteiger charge is -2.05. The fourth-order valence-electron chi connectivity index (χ4n) is 2.24. The van der Waals surface area contributed by atoms with E-state index < -0.39 is 0 Å². The van der Waals surface area contributed by atoms with Gasteiger partial charge in [-0.05, 0) is 30.7 Å². The van der Waals surface area contributed by atoms with Crippen molar-refractivity contribution >= 4 is 57.2 Å². The molecule has 0 aliphatic rings. The quantitative estimate of drug-likeness (QED) is 0.543. The van der Waals surface area contributed by atoms with Crippen LogP contribution in [0, 0.1) is 0 Å². The van der Waals surface area contributed by atoms with Crippen molar-refractivity contribution in [1.82, 2.24) is 9.97 Å². The molecule has 0 spiro atoms. The number of amides is 2. The predicted molar refractivity (Wildman–Crippen MR) is 111 cm³/mol. The number of benzene rings is 1. The molecule has 10 heteroatoms. The maximum absolute atomic E-state index is 12.1. The Kier molecular flexibility index (Phi) is 6.45. The minimum atomic E-state index is -0.380. The van der Waals surface area contributed by atoms with E-state index in [1.165, 1.54) is 29.7 Å². The molecule has 3 aromatic rings. The molecule has 0 aliphatic heterocycles. The van der Waals surface area contributed by atoms with Gasteiger partial charge in [0, 0.05) is 29.8 Å². The van der Waals surface area contributed by atoms with Crippen molar-refractivity contribution in [2.75, 3.05) is 10.6 Å². The van der Waals surface area contributed by atoms with E-state index in [-0.39, 0.29) is 23.8 Å². The number of nitrogens with zero attached hydrogens (tertiary/aromatic N) is 1. The van der Waals surface area contributed by atoms with Gasteiger partial charge in [-0.15, -0.1) is 11.3 Å². The first-order chi connectivity index (χ1) is 13.4. The molecule has 0 unspecified atom stereocenters. The lowest BCUT2D eigenvalue weighted by molar-refractivity contribution is -0.116. The highest BCUT2D eigenvalue weighted by atomic mass is 35.5. The van der Waals surface area contributed by atoms with Crippen LogP contribution in [0.25, 0.3) is 0 Å². The summed E-state index contributed by atoms with van der Waals surface area (Å²) in [6, 6.07) is 7.55. The molecule has 0 atom stereocenters. The topological polar surface area (TPSA) is 104 Å². The number of nitrogens with one attached hydrogen (secondary N) is 3. The number of carbonyl (C=O) groups excluding carboxylic acids is 2. The molecule has 144 valence electrons. The molecule has 0 radical (unpaired) electrons. The van der Waals surface area contributed by atoms with Gasteiger partial charge in [-0.25, -0.2) is 4.98 Å². The second-order valence-electron chi connectivity index (χ2n) is 5.72. The summed E-state index contributed by atoms with van der Waals surface area (Å²) >= 11 is 13.0. The lowest BCUT2D eigenvalue weighted by Crippen LogP contribution is -2.14. The van der Waals surface area contributed by atoms with Gasteiger partial charge in [-0.3, -0.25) is 19.7 Å². The molecular formula is C18H14Cl2N4O3S. The molecule has 1 aromatic carbocycles. The number of hydrogen-bond acceptors (Lipinski definition) is 5. The van der Waals surface area contributed by atoms with Crippen molar-refractivity contribution < 1.29 is 9.59 Å². The molecule has 0 saturated heterocycles. The first kappa shape index (κ1) is 20.1. The third kappa shape index (κ3) is 5.41. The van der Waals surface area contributed by atoms with Gasteiger partial charge in [0.15, 0.2) is 5.13 Å². The van der Waals surface area contributed by atoms with Gasteiger partial charge in [0.1, 0.15) is 0 Å². The van der Waals surface area contributed by atoms with E-state index in [0.717, 1.165) is 0 Å². The highest BCUT2D eigenvalue weighted by Gasteiger charge is 2.11. The van der Waals surface area contributed by atoms with Crippen LogP contribution in [-0.2, 0) is 11.2 Å². The number of thiazole rings is 1. The van der Waals surface area contributed by atoms with Gasteiger partial charge in [0.2, 0.25) is 11.5 Å². The van der Waals surface area contributed by atoms with Crippen LogP contribution < -0.4 is 16.2 Å². The zero-order valence-electron chi connectivity index (χ0n) is 14.3. The number of aromatic amines is 1. The Morgan fingerprint density at radius 3 is 2.64 bits per heavy atom. The first-order valence-corrected chi connectivity index (χ1v) is 9.73. The molecule has 0 fully saturated rings. The summed E-state index contributed by atoms with van der Waals surface area (Å²) in [7, 11) is 0. The zero-order chi connectivity index (χ0) is 20.1. The fourth-order valence-corrected chi connectivity index (χ4v) is 3.28. The van der Waals surface area contributed by atoms with E-state index in [0.29, 0.717) is 38.5 Å². The second-order valence-corrected chi connectivity index (χ2v) is 7.39. The number of anilines is 2. The number of rotatable bonds is 6. The molecule has 7 nitrogen and oxygen atoms in total. The number of pyridine rings is 1. The third-order valence-electron chi connectivity index (χ3n) is 3.63. The minimum Gasteiger partial charge on any atom is -0.328 e. The van der Waals surface area contributed by atoms with Crippen LogP contribution in [0.2, 0.25) is 10.0 Å². The number of halogens is 2. The molecule has 2 aromatic heterocycles. The Bertz CT molecular complexity index is 1060. The van der Waals surface area contributed by atoms with Crippen LogP contribution in [0.3, 0.4) is 0 Å². The average molecular weight is 437 g/mol. The van der Waals surface area contributed by atoms with Gasteiger partial charge in [0.05, 0.1) is 21.3 Å². The van der Waals surface area contributed by atoms with Crippen molar-refractivity contribution in [2.45, 2.75) is 12.8 Å². The number of carbonyl (C=O) groups is 2. The number of aryl methyl sites for hydroxylation is 1. The predicted octanol–water partition coefficient (Wildman–Crippen LogP) is 3.96. The molecule has 3 N–H and O–H groups in total. The van der Waals surface area contributed by atoms with Gasteiger partial charge < -0.3 is 10.3 Å². The van der Waals surface area contributed by atoms with Gasteiger partial charge in [-0.1, -0.05) is 23.2 Å². The second kappa shape index (κ2) is 9.01. The van der Waals surface area contributed by atoms with E-state index in [9.17, 15) is 14.4 Å². The molecule has 0 saturated carbocycles. The Labute approximate surface area is 173 Å². The van der Waals surface area contributed by atoms with E-state index in [2.05, 4.69) is 20.6 Å². The third-order valence-corrected chi connectivity index (χ3v) is 5.18. The maximum Gasteiger partial charge on any atom is 0.258 e. The summed E-state index contributed by atoms with van der Waals surface area (Å²) in [5.41, 5.74) is 1.28. The smallest absolute Gasteiger partial charge is 0.258 e. The molecule has 3 rings (SSSR count). The highest BCUT2D eigenvalue weighted by Crippen LogP contribution is 2.25. The van der Waals surface area contributed by atoms with Crippen molar-refractivity contribution in [2.24, 2.45) is 0 Å². The molecule has 2 amide bonds. The van der Waals surface area contributed by atoms with Crippen molar-refractivity contribution in [1.29, 1.82) is 0 Å². The Morgan fingerprint density at radius 2 is 1.93 bits per heavy atom. The molecular weight excluding hydrogens is 423 g/mol. The fraction of sp³-hybridized carbons (Fsp3) is 0.111. The van der Waals surface area contributed by atoms with Crippen LogP contribution >= 0.6 is 34.5 Å². The summed E-state index contributed by atoms with van der Waals surface area (Å²) in [6.45, 7) is 0. The van der Waals surface area contributed by atoms with Crippen LogP contribution in [0.15, 0.2) is 46.7 Å². The summed E-state index contributed by atoms with van der Waals surface area (Å²) in [6.07, 6.45) is 1.97. The SMILES string of the molecule is O=C(CCc1csc(NC(=O)c2ccc(=O)[nH]c2)n1)Nc1ccc(Cl)c(Cl)c1. The van der Waals surface area contributed by atoms with Crippen molar-refractivity contribution in [3.63, 3.8) is 0 Å². The Balaban J connectivity index is 1.52. The largest absolute Gasteiger partial charge is 0.328 e. The van der Waals surface area contributed by atoms with Gasteiger partial charge in [-0.2, -0.15) is 0 Å². The maximum atomic E-state index is 12.1. The summed E-state index contributed by atoms with van der Waals surface area (Å²) in [5.74, 6) is -0.570. The normalized spacial score (nSPS) is 10.5. The van der Waals surface area contributed by atoms with Gasteiger partial charge >= 0.3 is 0 Å². The van der Waals surface area contributed by atoms with Crippen LogP contribution in [-0.4, -0.2) is 21.8 Å². The van der Waals surface area contributed by atoms with Crippen molar-refractivity contribution in [3.05, 3.63) is 73.6 Å². The first-order valence-electron chi connectivity index (χ1n) is 8.10. The Morgan fingerprint density at radius 1 is 1.11 bits per heavy atom. The highest BCUT2D eigenvalue weighted by molar-refractivity contribution is 7.14.